The first-order valence-electron chi connectivity index (χ1n) is 6.63. The number of hydrogen-bond donors (Lipinski definition) is 2. The van der Waals surface area contributed by atoms with Crippen LogP contribution in [-0.4, -0.2) is 23.5 Å². The number of carbonyl (C=O) groups excluding carboxylic acids is 1. The van der Waals surface area contributed by atoms with Crippen LogP contribution in [-0.2, 0) is 11.2 Å². The Labute approximate surface area is 116 Å². The second-order valence-electron chi connectivity index (χ2n) is 5.23. The smallest absolute Gasteiger partial charge is 0.303 e. The van der Waals surface area contributed by atoms with Gasteiger partial charge in [0.15, 0.2) is 0 Å². The summed E-state index contributed by atoms with van der Waals surface area (Å²) in [6.45, 7) is 2.53. The van der Waals surface area contributed by atoms with E-state index in [4.69, 9.17) is 5.11 Å². The van der Waals surface area contributed by atoms with Crippen molar-refractivity contribution >= 4 is 23.2 Å². The zero-order valence-corrected chi connectivity index (χ0v) is 11.9. The number of nitrogens with one attached hydrogen (secondary N) is 1. The van der Waals surface area contributed by atoms with Gasteiger partial charge in [0, 0.05) is 11.4 Å². The number of amides is 1. The number of carboxylic acid groups (broad SMARTS) is 1. The van der Waals surface area contributed by atoms with Gasteiger partial charge in [-0.25, -0.2) is 0 Å². The minimum absolute atomic E-state index is 0.0821. The fourth-order valence-corrected chi connectivity index (χ4v) is 3.32. The van der Waals surface area contributed by atoms with E-state index in [1.165, 1.54) is 16.2 Å². The molecular weight excluding hydrogens is 262 g/mol. The van der Waals surface area contributed by atoms with Crippen molar-refractivity contribution < 1.29 is 14.7 Å². The maximum atomic E-state index is 12.0. The van der Waals surface area contributed by atoms with Crippen LogP contribution in [0.3, 0.4) is 0 Å². The zero-order valence-electron chi connectivity index (χ0n) is 11.1. The molecule has 19 heavy (non-hydrogen) atoms. The maximum absolute atomic E-state index is 12.0. The highest BCUT2D eigenvalue weighted by Crippen LogP contribution is 2.43. The summed E-state index contributed by atoms with van der Waals surface area (Å²) in [6, 6.07) is 3.80. The van der Waals surface area contributed by atoms with Gasteiger partial charge in [-0.1, -0.05) is 13.3 Å². The molecule has 1 aromatic heterocycles. The average molecular weight is 281 g/mol. The molecule has 0 unspecified atom stereocenters. The highest BCUT2D eigenvalue weighted by molar-refractivity contribution is 7.14. The predicted octanol–water partition coefficient (Wildman–Crippen LogP) is 2.69. The van der Waals surface area contributed by atoms with Crippen LogP contribution in [0.15, 0.2) is 12.1 Å². The molecule has 1 heterocycles. The predicted molar refractivity (Wildman–Crippen MR) is 74.6 cm³/mol. The fraction of sp³-hybridized carbons (Fsp3) is 0.571. The maximum Gasteiger partial charge on any atom is 0.303 e. The Balaban J connectivity index is 1.90. The van der Waals surface area contributed by atoms with Gasteiger partial charge < -0.3 is 10.4 Å². The second-order valence-corrected chi connectivity index (χ2v) is 6.39. The van der Waals surface area contributed by atoms with Gasteiger partial charge in [0.2, 0.25) is 0 Å². The number of thiophene rings is 1. The molecule has 1 aliphatic rings. The van der Waals surface area contributed by atoms with Crippen LogP contribution in [0.25, 0.3) is 0 Å². The molecule has 0 bridgehead atoms. The molecule has 0 atom stereocenters. The molecule has 0 saturated heterocycles. The molecule has 2 rings (SSSR count). The first-order chi connectivity index (χ1) is 9.04. The van der Waals surface area contributed by atoms with E-state index in [1.807, 2.05) is 12.1 Å². The molecular formula is C14H19NO3S. The van der Waals surface area contributed by atoms with Gasteiger partial charge in [0.25, 0.3) is 5.91 Å². The molecule has 5 heteroatoms. The van der Waals surface area contributed by atoms with Crippen LogP contribution in [0.4, 0.5) is 0 Å². The summed E-state index contributed by atoms with van der Waals surface area (Å²) in [5.74, 6) is -0.861. The molecule has 2 N–H and O–H groups in total. The van der Waals surface area contributed by atoms with E-state index < -0.39 is 5.97 Å². The van der Waals surface area contributed by atoms with Crippen LogP contribution in [0.2, 0.25) is 0 Å². The molecule has 1 fully saturated rings. The van der Waals surface area contributed by atoms with Crippen molar-refractivity contribution in [1.82, 2.24) is 5.32 Å². The molecule has 4 nitrogen and oxygen atoms in total. The van der Waals surface area contributed by atoms with Gasteiger partial charge in [0.1, 0.15) is 0 Å². The van der Waals surface area contributed by atoms with E-state index in [9.17, 15) is 9.59 Å². The van der Waals surface area contributed by atoms with Gasteiger partial charge in [-0.05, 0) is 36.8 Å². The molecule has 0 aromatic carbocycles. The second kappa shape index (κ2) is 5.74. The molecule has 1 aliphatic carbocycles. The Bertz CT molecular complexity index is 477. The van der Waals surface area contributed by atoms with Gasteiger partial charge in [0.05, 0.1) is 11.3 Å². The van der Waals surface area contributed by atoms with E-state index in [2.05, 4.69) is 12.2 Å². The molecule has 0 aliphatic heterocycles. The van der Waals surface area contributed by atoms with Crippen molar-refractivity contribution in [2.75, 3.05) is 6.54 Å². The van der Waals surface area contributed by atoms with E-state index in [0.717, 1.165) is 25.7 Å². The molecule has 1 amide bonds. The summed E-state index contributed by atoms with van der Waals surface area (Å²) in [7, 11) is 0. The standard InChI is InChI=1S/C14H19NO3S/c1-2-10-4-5-11(19-10)13(18)15-9-14(6-3-7-14)8-12(16)17/h4-5H,2-3,6-9H2,1H3,(H,15,18)(H,16,17). The van der Waals surface area contributed by atoms with E-state index in [0.29, 0.717) is 11.4 Å². The molecule has 0 radical (unpaired) electrons. The van der Waals surface area contributed by atoms with Gasteiger partial charge >= 0.3 is 5.97 Å². The van der Waals surface area contributed by atoms with E-state index in [-0.39, 0.29) is 17.7 Å². The zero-order chi connectivity index (χ0) is 13.9. The van der Waals surface area contributed by atoms with Crippen molar-refractivity contribution in [3.8, 4) is 0 Å². The third-order valence-electron chi connectivity index (χ3n) is 3.80. The van der Waals surface area contributed by atoms with Crippen LogP contribution in [0.1, 0.15) is 47.2 Å². The number of aliphatic carboxylic acids is 1. The first-order valence-corrected chi connectivity index (χ1v) is 7.45. The van der Waals surface area contributed by atoms with Crippen molar-refractivity contribution in [3.05, 3.63) is 21.9 Å². The SMILES string of the molecule is CCc1ccc(C(=O)NCC2(CC(=O)O)CCC2)s1. The minimum atomic E-state index is -0.779. The highest BCUT2D eigenvalue weighted by atomic mass is 32.1. The van der Waals surface area contributed by atoms with Crippen LogP contribution in [0.5, 0.6) is 0 Å². The Morgan fingerprint density at radius 1 is 1.42 bits per heavy atom. The van der Waals surface area contributed by atoms with Crippen molar-refractivity contribution in [3.63, 3.8) is 0 Å². The Hall–Kier alpha value is -1.36. The van der Waals surface area contributed by atoms with Crippen molar-refractivity contribution in [2.24, 2.45) is 5.41 Å². The summed E-state index contributed by atoms with van der Waals surface area (Å²) in [6.07, 6.45) is 3.93. The summed E-state index contributed by atoms with van der Waals surface area (Å²) in [5, 5.41) is 11.8. The van der Waals surface area contributed by atoms with Crippen molar-refractivity contribution in [2.45, 2.75) is 39.0 Å². The lowest BCUT2D eigenvalue weighted by molar-refractivity contribution is -0.141. The number of rotatable bonds is 6. The molecule has 104 valence electrons. The third kappa shape index (κ3) is 3.35. The minimum Gasteiger partial charge on any atom is -0.481 e. The summed E-state index contributed by atoms with van der Waals surface area (Å²) < 4.78 is 0. The lowest BCUT2D eigenvalue weighted by Crippen LogP contribution is -2.43. The third-order valence-corrected chi connectivity index (χ3v) is 5.03. The normalized spacial score (nSPS) is 16.7. The Morgan fingerprint density at radius 3 is 2.63 bits per heavy atom. The van der Waals surface area contributed by atoms with Crippen LogP contribution < -0.4 is 5.32 Å². The topological polar surface area (TPSA) is 66.4 Å². The van der Waals surface area contributed by atoms with Gasteiger partial charge in [-0.2, -0.15) is 0 Å². The number of carbonyl (C=O) groups is 2. The largest absolute Gasteiger partial charge is 0.481 e. The van der Waals surface area contributed by atoms with Crippen LogP contribution in [0, 0.1) is 5.41 Å². The monoisotopic (exact) mass is 281 g/mol. The first kappa shape index (κ1) is 14.1. The average Bonchev–Trinajstić information content (AvgIpc) is 2.80. The fourth-order valence-electron chi connectivity index (χ4n) is 2.46. The molecule has 1 aromatic rings. The lowest BCUT2D eigenvalue weighted by atomic mass is 9.66. The lowest BCUT2D eigenvalue weighted by Gasteiger charge is -2.40. The van der Waals surface area contributed by atoms with Gasteiger partial charge in [-0.15, -0.1) is 11.3 Å². The summed E-state index contributed by atoms with van der Waals surface area (Å²) >= 11 is 1.50. The molecule has 1 saturated carbocycles. The number of carboxylic acids is 1. The van der Waals surface area contributed by atoms with Crippen LogP contribution >= 0.6 is 11.3 Å². The van der Waals surface area contributed by atoms with E-state index in [1.54, 1.807) is 0 Å². The van der Waals surface area contributed by atoms with Gasteiger partial charge in [-0.3, -0.25) is 9.59 Å². The quantitative estimate of drug-likeness (QED) is 0.842. The summed E-state index contributed by atoms with van der Waals surface area (Å²) in [5.41, 5.74) is -0.216. The number of hydrogen-bond acceptors (Lipinski definition) is 3. The Morgan fingerprint density at radius 2 is 2.16 bits per heavy atom. The number of aryl methyl sites for hydroxylation is 1. The summed E-state index contributed by atoms with van der Waals surface area (Å²) in [4.78, 5) is 24.8. The van der Waals surface area contributed by atoms with E-state index >= 15 is 0 Å². The highest BCUT2D eigenvalue weighted by Gasteiger charge is 2.39. The Kier molecular flexibility index (Phi) is 4.24. The van der Waals surface area contributed by atoms with Crippen molar-refractivity contribution in [1.29, 1.82) is 0 Å². The molecule has 0 spiro atoms.